The second-order valence-corrected chi connectivity index (χ2v) is 9.03. The Morgan fingerprint density at radius 1 is 1.14 bits per heavy atom. The van der Waals surface area contributed by atoms with Crippen LogP contribution in [-0.4, -0.2) is 45.1 Å². The van der Waals surface area contributed by atoms with E-state index in [4.69, 9.17) is 4.74 Å². The Hall–Kier alpha value is -4.20. The standard InChI is InChI=1S/C26H24F3N7O/c1-16-23(32-20(15-30)25-24(16)33-35-34-25)18-5-6-21(19(14-18)26(27,28)29)37-13-9-17-7-11-36(12-8-17)22-4-2-3-10-31-22/h2-6,10,14,17H,7-9,11-13H2,1H3,(H,33,34,35). The number of ether oxygens (including phenoxy) is 1. The number of rotatable bonds is 6. The molecule has 0 saturated carbocycles. The number of nitrogens with zero attached hydrogens (tertiary/aromatic N) is 6. The first-order valence-electron chi connectivity index (χ1n) is 12.0. The van der Waals surface area contributed by atoms with Crippen molar-refractivity contribution in [3.05, 3.63) is 59.4 Å². The molecule has 37 heavy (non-hydrogen) atoms. The minimum Gasteiger partial charge on any atom is -0.493 e. The highest BCUT2D eigenvalue weighted by molar-refractivity contribution is 5.87. The number of halogens is 3. The van der Waals surface area contributed by atoms with Crippen LogP contribution in [0.5, 0.6) is 5.75 Å². The number of pyridine rings is 2. The van der Waals surface area contributed by atoms with E-state index in [-0.39, 0.29) is 34.8 Å². The van der Waals surface area contributed by atoms with Gasteiger partial charge in [0.15, 0.2) is 5.69 Å². The number of nitriles is 1. The second-order valence-electron chi connectivity index (χ2n) is 9.03. The van der Waals surface area contributed by atoms with Crippen LogP contribution in [0.4, 0.5) is 19.0 Å². The molecule has 0 bridgehead atoms. The molecule has 190 valence electrons. The predicted octanol–water partition coefficient (Wildman–Crippen LogP) is 5.30. The normalized spacial score (nSPS) is 14.6. The molecule has 1 aromatic carbocycles. The Morgan fingerprint density at radius 2 is 1.92 bits per heavy atom. The van der Waals surface area contributed by atoms with Crippen molar-refractivity contribution in [3.63, 3.8) is 0 Å². The molecule has 0 radical (unpaired) electrons. The summed E-state index contributed by atoms with van der Waals surface area (Å²) in [5, 5.41) is 19.8. The van der Waals surface area contributed by atoms with Crippen molar-refractivity contribution in [2.24, 2.45) is 5.92 Å². The second kappa shape index (κ2) is 10.0. The molecule has 0 atom stereocenters. The van der Waals surface area contributed by atoms with Gasteiger partial charge in [-0.2, -0.15) is 33.8 Å². The van der Waals surface area contributed by atoms with E-state index in [0.29, 0.717) is 23.4 Å². The highest BCUT2D eigenvalue weighted by Gasteiger charge is 2.35. The van der Waals surface area contributed by atoms with E-state index in [2.05, 4.69) is 30.3 Å². The molecule has 4 heterocycles. The topological polar surface area (TPSA) is 104 Å². The maximum absolute atomic E-state index is 14.0. The fraction of sp³-hybridized carbons (Fsp3) is 0.346. The van der Waals surface area contributed by atoms with Gasteiger partial charge in [0.25, 0.3) is 0 Å². The third kappa shape index (κ3) is 5.05. The molecule has 0 spiro atoms. The molecule has 5 rings (SSSR count). The zero-order valence-corrected chi connectivity index (χ0v) is 20.1. The number of hydrogen-bond acceptors (Lipinski definition) is 7. The number of aromatic amines is 1. The molecule has 4 aromatic rings. The molecule has 3 aromatic heterocycles. The fourth-order valence-corrected chi connectivity index (χ4v) is 4.73. The number of piperidine rings is 1. The van der Waals surface area contributed by atoms with Gasteiger partial charge in [-0.15, -0.1) is 0 Å². The van der Waals surface area contributed by atoms with E-state index < -0.39 is 11.7 Å². The third-order valence-electron chi connectivity index (χ3n) is 6.74. The Labute approximate surface area is 211 Å². The van der Waals surface area contributed by atoms with Gasteiger partial charge in [-0.1, -0.05) is 6.07 Å². The van der Waals surface area contributed by atoms with Crippen molar-refractivity contribution >= 4 is 16.9 Å². The van der Waals surface area contributed by atoms with E-state index in [9.17, 15) is 18.4 Å². The van der Waals surface area contributed by atoms with Gasteiger partial charge in [0.05, 0.1) is 17.9 Å². The van der Waals surface area contributed by atoms with Crippen LogP contribution in [0, 0.1) is 24.2 Å². The van der Waals surface area contributed by atoms with Gasteiger partial charge in [-0.25, -0.2) is 9.97 Å². The first kappa shape index (κ1) is 24.5. The van der Waals surface area contributed by atoms with Crippen molar-refractivity contribution in [1.82, 2.24) is 25.4 Å². The Balaban J connectivity index is 1.30. The molecule has 1 aliphatic rings. The lowest BCUT2D eigenvalue weighted by molar-refractivity contribution is -0.138. The molecular formula is C26H24F3N7O. The average molecular weight is 508 g/mol. The largest absolute Gasteiger partial charge is 0.493 e. The first-order chi connectivity index (χ1) is 17.8. The number of anilines is 1. The van der Waals surface area contributed by atoms with E-state index in [0.717, 1.165) is 37.8 Å². The fourth-order valence-electron chi connectivity index (χ4n) is 4.73. The number of H-pyrrole nitrogens is 1. The van der Waals surface area contributed by atoms with Crippen LogP contribution in [0.3, 0.4) is 0 Å². The molecule has 1 aliphatic heterocycles. The third-order valence-corrected chi connectivity index (χ3v) is 6.74. The highest BCUT2D eigenvalue weighted by atomic mass is 19.4. The molecule has 0 aliphatic carbocycles. The smallest absolute Gasteiger partial charge is 0.419 e. The van der Waals surface area contributed by atoms with Gasteiger partial charge >= 0.3 is 6.18 Å². The van der Waals surface area contributed by atoms with E-state index in [1.807, 2.05) is 24.3 Å². The first-order valence-corrected chi connectivity index (χ1v) is 12.0. The van der Waals surface area contributed by atoms with E-state index >= 15 is 0 Å². The summed E-state index contributed by atoms with van der Waals surface area (Å²) in [4.78, 5) is 10.9. The van der Waals surface area contributed by atoms with Crippen LogP contribution in [0.2, 0.25) is 0 Å². The lowest BCUT2D eigenvalue weighted by Crippen LogP contribution is -2.34. The summed E-state index contributed by atoms with van der Waals surface area (Å²) in [6.45, 7) is 3.59. The van der Waals surface area contributed by atoms with E-state index in [1.165, 1.54) is 12.1 Å². The van der Waals surface area contributed by atoms with Crippen LogP contribution >= 0.6 is 0 Å². The summed E-state index contributed by atoms with van der Waals surface area (Å²) in [7, 11) is 0. The number of benzene rings is 1. The van der Waals surface area contributed by atoms with Crippen LogP contribution in [0.25, 0.3) is 22.3 Å². The molecule has 11 heteroatoms. The minimum atomic E-state index is -4.62. The lowest BCUT2D eigenvalue weighted by atomic mass is 9.94. The van der Waals surface area contributed by atoms with Gasteiger partial charge in [0, 0.05) is 30.4 Å². The zero-order chi connectivity index (χ0) is 26.0. The number of nitrogens with one attached hydrogen (secondary N) is 1. The van der Waals surface area contributed by atoms with Gasteiger partial charge in [0.2, 0.25) is 0 Å². The molecule has 1 saturated heterocycles. The average Bonchev–Trinajstić information content (AvgIpc) is 3.40. The molecular weight excluding hydrogens is 483 g/mol. The minimum absolute atomic E-state index is 0.00710. The van der Waals surface area contributed by atoms with Crippen molar-refractivity contribution in [2.75, 3.05) is 24.6 Å². The van der Waals surface area contributed by atoms with Crippen LogP contribution in [-0.2, 0) is 6.18 Å². The van der Waals surface area contributed by atoms with Crippen LogP contribution in [0.1, 0.15) is 36.1 Å². The molecule has 8 nitrogen and oxygen atoms in total. The van der Waals surface area contributed by atoms with Crippen LogP contribution < -0.4 is 9.64 Å². The Morgan fingerprint density at radius 3 is 2.62 bits per heavy atom. The number of alkyl halides is 3. The van der Waals surface area contributed by atoms with Crippen molar-refractivity contribution in [2.45, 2.75) is 32.4 Å². The quantitative estimate of drug-likeness (QED) is 0.378. The maximum atomic E-state index is 14.0. The van der Waals surface area contributed by atoms with Gasteiger partial charge in [-0.05, 0) is 62.4 Å². The SMILES string of the molecule is Cc1c(-c2ccc(OCCC3CCN(c4ccccn4)CC3)c(C(F)(F)F)c2)nc(C#N)c2n[nH]nc12. The summed E-state index contributed by atoms with van der Waals surface area (Å²) in [6, 6.07) is 11.6. The maximum Gasteiger partial charge on any atom is 0.419 e. The van der Waals surface area contributed by atoms with Crippen molar-refractivity contribution in [3.8, 4) is 23.1 Å². The summed E-state index contributed by atoms with van der Waals surface area (Å²) in [5.41, 5.74) is 0.786. The number of aryl methyl sites for hydroxylation is 1. The predicted molar refractivity (Wildman–Crippen MR) is 131 cm³/mol. The highest BCUT2D eigenvalue weighted by Crippen LogP contribution is 2.40. The summed E-state index contributed by atoms with van der Waals surface area (Å²) >= 11 is 0. The Kier molecular flexibility index (Phi) is 6.65. The molecule has 0 unspecified atom stereocenters. The van der Waals surface area contributed by atoms with Crippen LogP contribution in [0.15, 0.2) is 42.6 Å². The number of fused-ring (bicyclic) bond motifs is 1. The van der Waals surface area contributed by atoms with Crippen molar-refractivity contribution < 1.29 is 17.9 Å². The molecule has 0 amide bonds. The Bertz CT molecular complexity index is 1440. The van der Waals surface area contributed by atoms with Gasteiger partial charge in [-0.3, -0.25) is 0 Å². The summed E-state index contributed by atoms with van der Waals surface area (Å²) in [5.74, 6) is 1.10. The molecule has 1 fully saturated rings. The van der Waals surface area contributed by atoms with Crippen molar-refractivity contribution in [1.29, 1.82) is 5.26 Å². The summed E-state index contributed by atoms with van der Waals surface area (Å²) < 4.78 is 47.6. The van der Waals surface area contributed by atoms with E-state index in [1.54, 1.807) is 13.1 Å². The van der Waals surface area contributed by atoms with Gasteiger partial charge < -0.3 is 9.64 Å². The number of hydrogen-bond donors (Lipinski definition) is 1. The lowest BCUT2D eigenvalue weighted by Gasteiger charge is -2.32. The monoisotopic (exact) mass is 507 g/mol. The molecule has 1 N–H and O–H groups in total. The number of aromatic nitrogens is 5. The zero-order valence-electron chi connectivity index (χ0n) is 20.1. The van der Waals surface area contributed by atoms with Gasteiger partial charge in [0.1, 0.15) is 28.7 Å². The summed E-state index contributed by atoms with van der Waals surface area (Å²) in [6.07, 6.45) is -0.317.